The van der Waals surface area contributed by atoms with Gasteiger partial charge >= 0.3 is 0 Å². The number of nitrogens with one attached hydrogen (secondary N) is 1. The molecular weight excluding hydrogens is 404 g/mol. The van der Waals surface area contributed by atoms with E-state index in [1.54, 1.807) is 12.1 Å². The van der Waals surface area contributed by atoms with E-state index in [4.69, 9.17) is 14.2 Å². The van der Waals surface area contributed by atoms with Crippen LogP contribution < -0.4 is 5.32 Å². The number of hydrogen-bond acceptors (Lipinski definition) is 7. The van der Waals surface area contributed by atoms with Gasteiger partial charge in [-0.3, -0.25) is 19.7 Å². The summed E-state index contributed by atoms with van der Waals surface area (Å²) in [6, 6.07) is 4.70. The van der Waals surface area contributed by atoms with E-state index in [0.717, 1.165) is 11.1 Å². The van der Waals surface area contributed by atoms with Crippen LogP contribution in [0.4, 0.5) is 0 Å². The average Bonchev–Trinajstić information content (AvgIpc) is 3.07. The summed E-state index contributed by atoms with van der Waals surface area (Å²) in [5.41, 5.74) is 2.12. The van der Waals surface area contributed by atoms with E-state index in [1.165, 1.54) is 4.90 Å². The van der Waals surface area contributed by atoms with Gasteiger partial charge in [0.1, 0.15) is 25.5 Å². The molecule has 31 heavy (non-hydrogen) atoms. The molecule has 3 rings (SSSR count). The number of carbonyl (C=O) groups is 4. The monoisotopic (exact) mass is 428 g/mol. The van der Waals surface area contributed by atoms with Gasteiger partial charge < -0.3 is 23.9 Å². The number of benzene rings is 1. The highest BCUT2D eigenvalue weighted by Crippen LogP contribution is 2.28. The van der Waals surface area contributed by atoms with Crippen LogP contribution in [0, 0.1) is 11.8 Å². The quantitative estimate of drug-likeness (QED) is 0.243. The Morgan fingerprint density at radius 1 is 1.10 bits per heavy atom. The number of fused-ring (bicyclic) bond motifs is 1. The minimum atomic E-state index is -0.626. The first kappa shape index (κ1) is 22.6. The molecule has 2 aliphatic heterocycles. The molecule has 1 aromatic rings. The third-order valence-electron chi connectivity index (χ3n) is 4.86. The van der Waals surface area contributed by atoms with Crippen molar-refractivity contribution in [1.82, 2.24) is 10.2 Å². The Hall–Kier alpha value is -3.06. The Morgan fingerprint density at radius 2 is 1.87 bits per heavy atom. The molecule has 0 aliphatic carbocycles. The zero-order valence-electron chi connectivity index (χ0n) is 17.1. The number of imide groups is 1. The van der Waals surface area contributed by atoms with Gasteiger partial charge in [0.05, 0.1) is 26.4 Å². The van der Waals surface area contributed by atoms with Crippen LogP contribution in [-0.2, 0) is 35.1 Å². The van der Waals surface area contributed by atoms with Gasteiger partial charge in [0.15, 0.2) is 0 Å². The second-order valence-corrected chi connectivity index (χ2v) is 6.98. The van der Waals surface area contributed by atoms with Gasteiger partial charge in [-0.1, -0.05) is 11.8 Å². The highest BCUT2D eigenvalue weighted by molar-refractivity contribution is 6.05. The number of ether oxygens (including phenoxy) is 3. The van der Waals surface area contributed by atoms with Crippen LogP contribution >= 0.6 is 0 Å². The van der Waals surface area contributed by atoms with Crippen LogP contribution in [0.2, 0.25) is 0 Å². The maximum Gasteiger partial charge on any atom is 0.255 e. The van der Waals surface area contributed by atoms with Crippen molar-refractivity contribution in [2.45, 2.75) is 25.4 Å². The molecule has 0 bridgehead atoms. The summed E-state index contributed by atoms with van der Waals surface area (Å²) in [5.74, 6) is 4.98. The van der Waals surface area contributed by atoms with E-state index in [-0.39, 0.29) is 31.4 Å². The predicted octanol–water partition coefficient (Wildman–Crippen LogP) is 0.0478. The Morgan fingerprint density at radius 3 is 2.65 bits per heavy atom. The van der Waals surface area contributed by atoms with E-state index >= 15 is 0 Å². The average molecular weight is 428 g/mol. The molecule has 2 aliphatic rings. The lowest BCUT2D eigenvalue weighted by atomic mass is 10.0. The van der Waals surface area contributed by atoms with Crippen LogP contribution in [-0.4, -0.2) is 74.6 Å². The second-order valence-electron chi connectivity index (χ2n) is 6.98. The molecule has 164 valence electrons. The summed E-state index contributed by atoms with van der Waals surface area (Å²) in [6.45, 7) is 2.18. The van der Waals surface area contributed by atoms with Gasteiger partial charge in [0, 0.05) is 24.1 Å². The van der Waals surface area contributed by atoms with Crippen molar-refractivity contribution in [2.75, 3.05) is 39.6 Å². The Bertz CT molecular complexity index is 903. The molecular formula is C22H24N2O7. The molecule has 9 heteroatoms. The van der Waals surface area contributed by atoms with Crippen molar-refractivity contribution in [2.24, 2.45) is 0 Å². The fraction of sp³-hybridized carbons (Fsp3) is 0.455. The summed E-state index contributed by atoms with van der Waals surface area (Å²) in [4.78, 5) is 47.7. The summed E-state index contributed by atoms with van der Waals surface area (Å²) in [7, 11) is 0. The normalized spacial score (nSPS) is 17.7. The highest BCUT2D eigenvalue weighted by Gasteiger charge is 2.38. The number of amides is 3. The first-order chi connectivity index (χ1) is 15.1. The Kier molecular flexibility index (Phi) is 8.29. The highest BCUT2D eigenvalue weighted by atomic mass is 16.5. The molecule has 1 aromatic carbocycles. The van der Waals surface area contributed by atoms with Crippen molar-refractivity contribution in [3.63, 3.8) is 0 Å². The molecule has 0 aromatic heterocycles. The third kappa shape index (κ3) is 6.21. The van der Waals surface area contributed by atoms with Crippen LogP contribution in [0.1, 0.15) is 34.3 Å². The van der Waals surface area contributed by atoms with Crippen LogP contribution in [0.15, 0.2) is 18.2 Å². The topological polar surface area (TPSA) is 111 Å². The van der Waals surface area contributed by atoms with E-state index in [0.29, 0.717) is 51.2 Å². The number of piperidine rings is 1. The van der Waals surface area contributed by atoms with E-state index in [9.17, 15) is 19.2 Å². The van der Waals surface area contributed by atoms with Gasteiger partial charge in [-0.15, -0.1) is 0 Å². The van der Waals surface area contributed by atoms with Crippen molar-refractivity contribution < 1.29 is 33.4 Å². The van der Waals surface area contributed by atoms with Gasteiger partial charge in [-0.25, -0.2) is 0 Å². The van der Waals surface area contributed by atoms with Gasteiger partial charge in [0.2, 0.25) is 11.8 Å². The molecule has 1 fully saturated rings. The summed E-state index contributed by atoms with van der Waals surface area (Å²) >= 11 is 0. The fourth-order valence-corrected chi connectivity index (χ4v) is 3.38. The van der Waals surface area contributed by atoms with Crippen LogP contribution in [0.25, 0.3) is 0 Å². The van der Waals surface area contributed by atoms with Crippen LogP contribution in [0.3, 0.4) is 0 Å². The molecule has 2 heterocycles. The molecule has 1 saturated heterocycles. The number of nitrogens with zero attached hydrogens (tertiary/aromatic N) is 1. The molecule has 0 radical (unpaired) electrons. The maximum absolute atomic E-state index is 12.7. The van der Waals surface area contributed by atoms with E-state index in [2.05, 4.69) is 17.2 Å². The zero-order valence-corrected chi connectivity index (χ0v) is 17.1. The van der Waals surface area contributed by atoms with Gasteiger partial charge in [0.25, 0.3) is 5.91 Å². The van der Waals surface area contributed by atoms with Crippen molar-refractivity contribution >= 4 is 24.0 Å². The Balaban J connectivity index is 1.43. The first-order valence-corrected chi connectivity index (χ1v) is 10.0. The predicted molar refractivity (Wildman–Crippen MR) is 108 cm³/mol. The smallest absolute Gasteiger partial charge is 0.255 e. The van der Waals surface area contributed by atoms with Crippen molar-refractivity contribution in [3.05, 3.63) is 34.9 Å². The molecule has 0 spiro atoms. The van der Waals surface area contributed by atoms with E-state index < -0.39 is 11.9 Å². The second kappa shape index (κ2) is 11.4. The SMILES string of the molecule is O=CCOCCOCCOCC#Cc1ccc2c(c1)CN(C1CCC(=O)NC1=O)C2=O. The van der Waals surface area contributed by atoms with Crippen molar-refractivity contribution in [1.29, 1.82) is 0 Å². The van der Waals surface area contributed by atoms with Gasteiger partial charge in [-0.2, -0.15) is 0 Å². The fourth-order valence-electron chi connectivity index (χ4n) is 3.38. The molecule has 0 saturated carbocycles. The zero-order chi connectivity index (χ0) is 22.1. The summed E-state index contributed by atoms with van der Waals surface area (Å²) < 4.78 is 15.6. The standard InChI is InChI=1S/C22H24N2O7/c25-7-9-30-11-13-31-12-10-29-8-1-2-16-3-4-18-17(14-16)15-24(22(18)28)19-5-6-20(26)23-21(19)27/h3-4,7,14,19H,5-6,8-13,15H2,(H,23,26,27). The molecule has 1 unspecified atom stereocenters. The van der Waals surface area contributed by atoms with Gasteiger partial charge in [-0.05, 0) is 30.2 Å². The molecule has 9 nitrogen and oxygen atoms in total. The lowest BCUT2D eigenvalue weighted by molar-refractivity contribution is -0.136. The number of aldehydes is 1. The Labute approximate surface area is 180 Å². The minimum Gasteiger partial charge on any atom is -0.377 e. The minimum absolute atomic E-state index is 0.0707. The first-order valence-electron chi connectivity index (χ1n) is 10.0. The summed E-state index contributed by atoms with van der Waals surface area (Å²) in [6.07, 6.45) is 1.26. The lowest BCUT2D eigenvalue weighted by Gasteiger charge is -2.29. The molecule has 1 N–H and O–H groups in total. The number of rotatable bonds is 10. The molecule has 1 atom stereocenters. The maximum atomic E-state index is 12.7. The van der Waals surface area contributed by atoms with E-state index in [1.807, 2.05) is 6.07 Å². The van der Waals surface area contributed by atoms with Crippen LogP contribution in [0.5, 0.6) is 0 Å². The lowest BCUT2D eigenvalue weighted by Crippen LogP contribution is -2.52. The largest absolute Gasteiger partial charge is 0.377 e. The summed E-state index contributed by atoms with van der Waals surface area (Å²) in [5, 5.41) is 2.29. The molecule has 3 amide bonds. The third-order valence-corrected chi connectivity index (χ3v) is 4.86. The number of carbonyl (C=O) groups excluding carboxylic acids is 4. The van der Waals surface area contributed by atoms with Crippen molar-refractivity contribution in [3.8, 4) is 11.8 Å². The number of hydrogen-bond donors (Lipinski definition) is 1.